The highest BCUT2D eigenvalue weighted by Gasteiger charge is 2.31. The Hall–Kier alpha value is -1.65. The van der Waals surface area contributed by atoms with Gasteiger partial charge in [-0.25, -0.2) is 0 Å². The minimum absolute atomic E-state index is 0.125. The minimum Gasteiger partial charge on any atom is -0.368 e. The summed E-state index contributed by atoms with van der Waals surface area (Å²) < 4.78 is 0. The van der Waals surface area contributed by atoms with Gasteiger partial charge in [0.15, 0.2) is 5.69 Å². The van der Waals surface area contributed by atoms with Gasteiger partial charge in [0.2, 0.25) is 0 Å². The van der Waals surface area contributed by atoms with Crippen molar-refractivity contribution in [2.75, 3.05) is 26.0 Å². The number of carbonyl (C=O) groups excluding carboxylic acids is 1. The molecule has 1 aliphatic carbocycles. The van der Waals surface area contributed by atoms with Gasteiger partial charge in [0.1, 0.15) is 5.82 Å². The fraction of sp³-hybridized carbons (Fsp3) is 0.615. The van der Waals surface area contributed by atoms with Crippen molar-refractivity contribution in [1.29, 1.82) is 0 Å². The second-order valence-electron chi connectivity index (χ2n) is 5.52. The number of amides is 1. The number of anilines is 1. The van der Waals surface area contributed by atoms with E-state index in [1.165, 1.54) is 24.2 Å². The first-order valence-corrected chi connectivity index (χ1v) is 6.29. The lowest BCUT2D eigenvalue weighted by molar-refractivity contribution is 0.0821. The van der Waals surface area contributed by atoms with E-state index >= 15 is 0 Å². The van der Waals surface area contributed by atoms with Crippen molar-refractivity contribution in [1.82, 2.24) is 15.1 Å². The van der Waals surface area contributed by atoms with E-state index in [1.807, 2.05) is 6.07 Å². The van der Waals surface area contributed by atoms with E-state index in [9.17, 15) is 4.79 Å². The van der Waals surface area contributed by atoms with Gasteiger partial charge in [-0.1, -0.05) is 13.3 Å². The highest BCUT2D eigenvalue weighted by molar-refractivity contribution is 5.91. The maximum absolute atomic E-state index is 11.6. The molecular formula is C13H20N4O. The van der Waals surface area contributed by atoms with E-state index in [4.69, 9.17) is 0 Å². The number of aromatic nitrogens is 2. The smallest absolute Gasteiger partial charge is 0.273 e. The highest BCUT2D eigenvalue weighted by atomic mass is 16.2. The molecule has 0 saturated heterocycles. The van der Waals surface area contributed by atoms with Crippen LogP contribution in [0.4, 0.5) is 5.82 Å². The van der Waals surface area contributed by atoms with Crippen LogP contribution in [-0.4, -0.2) is 41.6 Å². The number of rotatable bonds is 4. The lowest BCUT2D eigenvalue weighted by Gasteiger charge is -2.38. The second kappa shape index (κ2) is 4.92. The average Bonchev–Trinajstić information content (AvgIpc) is 2.33. The fourth-order valence-electron chi connectivity index (χ4n) is 2.03. The Morgan fingerprint density at radius 3 is 2.56 bits per heavy atom. The molecule has 18 heavy (non-hydrogen) atoms. The normalized spacial score (nSPS) is 16.8. The van der Waals surface area contributed by atoms with Crippen molar-refractivity contribution >= 4 is 11.7 Å². The molecule has 98 valence electrons. The van der Waals surface area contributed by atoms with Crippen LogP contribution in [0, 0.1) is 5.41 Å². The van der Waals surface area contributed by atoms with Gasteiger partial charge >= 0.3 is 0 Å². The topological polar surface area (TPSA) is 58.1 Å². The second-order valence-corrected chi connectivity index (χ2v) is 5.52. The van der Waals surface area contributed by atoms with Gasteiger partial charge in [-0.15, -0.1) is 10.2 Å². The predicted molar refractivity (Wildman–Crippen MR) is 70.5 cm³/mol. The van der Waals surface area contributed by atoms with Crippen LogP contribution in [-0.2, 0) is 0 Å². The first kappa shape index (κ1) is 12.8. The van der Waals surface area contributed by atoms with Crippen molar-refractivity contribution in [3.63, 3.8) is 0 Å². The van der Waals surface area contributed by atoms with Crippen molar-refractivity contribution in [2.24, 2.45) is 5.41 Å². The summed E-state index contributed by atoms with van der Waals surface area (Å²) in [5.41, 5.74) is 0.778. The van der Waals surface area contributed by atoms with Gasteiger partial charge in [-0.2, -0.15) is 0 Å². The number of hydrogen-bond donors (Lipinski definition) is 1. The highest BCUT2D eigenvalue weighted by Crippen LogP contribution is 2.39. The Labute approximate surface area is 108 Å². The molecular weight excluding hydrogens is 228 g/mol. The van der Waals surface area contributed by atoms with Gasteiger partial charge in [-0.3, -0.25) is 4.79 Å². The van der Waals surface area contributed by atoms with Gasteiger partial charge in [0.25, 0.3) is 5.91 Å². The number of nitrogens with one attached hydrogen (secondary N) is 1. The number of nitrogens with zero attached hydrogens (tertiary/aromatic N) is 3. The molecule has 1 aromatic heterocycles. The summed E-state index contributed by atoms with van der Waals surface area (Å²) in [6.07, 6.45) is 3.86. The fourth-order valence-corrected chi connectivity index (χ4v) is 2.03. The van der Waals surface area contributed by atoms with Gasteiger partial charge < -0.3 is 10.2 Å². The third kappa shape index (κ3) is 2.78. The van der Waals surface area contributed by atoms with Crippen molar-refractivity contribution in [3.05, 3.63) is 17.8 Å². The zero-order chi connectivity index (χ0) is 13.2. The van der Waals surface area contributed by atoms with Crippen LogP contribution in [0.3, 0.4) is 0 Å². The van der Waals surface area contributed by atoms with E-state index in [0.29, 0.717) is 11.1 Å². The van der Waals surface area contributed by atoms with Crippen molar-refractivity contribution < 1.29 is 4.79 Å². The molecule has 0 aliphatic heterocycles. The molecule has 5 heteroatoms. The molecule has 1 aliphatic rings. The molecule has 0 bridgehead atoms. The molecule has 0 aromatic carbocycles. The van der Waals surface area contributed by atoms with Crippen LogP contribution in [0.5, 0.6) is 0 Å². The van der Waals surface area contributed by atoms with Crippen LogP contribution < -0.4 is 5.32 Å². The molecule has 1 aromatic rings. The Balaban J connectivity index is 1.93. The molecule has 0 atom stereocenters. The summed E-state index contributed by atoms with van der Waals surface area (Å²) in [5, 5.41) is 11.3. The monoisotopic (exact) mass is 248 g/mol. The summed E-state index contributed by atoms with van der Waals surface area (Å²) in [7, 11) is 3.40. The third-order valence-corrected chi connectivity index (χ3v) is 3.55. The quantitative estimate of drug-likeness (QED) is 0.882. The molecule has 1 amide bonds. The van der Waals surface area contributed by atoms with Crippen molar-refractivity contribution in [3.8, 4) is 0 Å². The summed E-state index contributed by atoms with van der Waals surface area (Å²) in [4.78, 5) is 13.1. The predicted octanol–water partition coefficient (Wildman–Crippen LogP) is 1.78. The molecule has 1 fully saturated rings. The molecule has 1 heterocycles. The Morgan fingerprint density at radius 1 is 1.39 bits per heavy atom. The van der Waals surface area contributed by atoms with E-state index in [-0.39, 0.29) is 5.91 Å². The summed E-state index contributed by atoms with van der Waals surface area (Å²) in [6, 6.07) is 3.52. The van der Waals surface area contributed by atoms with Crippen LogP contribution in [0.2, 0.25) is 0 Å². The SMILES string of the molecule is CN(C)C(=O)c1ccc(NCC2(C)CCC2)nn1. The molecule has 1 saturated carbocycles. The van der Waals surface area contributed by atoms with Gasteiger partial charge in [0.05, 0.1) is 0 Å². The van der Waals surface area contributed by atoms with Crippen molar-refractivity contribution in [2.45, 2.75) is 26.2 Å². The van der Waals surface area contributed by atoms with Crippen LogP contribution in [0.15, 0.2) is 12.1 Å². The van der Waals surface area contributed by atoms with Gasteiger partial charge in [0, 0.05) is 20.6 Å². The minimum atomic E-state index is -0.125. The van der Waals surface area contributed by atoms with E-state index in [0.717, 1.165) is 12.4 Å². The lowest BCUT2D eigenvalue weighted by atomic mass is 9.70. The number of hydrogen-bond acceptors (Lipinski definition) is 4. The largest absolute Gasteiger partial charge is 0.368 e. The maximum atomic E-state index is 11.6. The molecule has 0 spiro atoms. The zero-order valence-electron chi connectivity index (χ0n) is 11.2. The van der Waals surface area contributed by atoms with E-state index in [2.05, 4.69) is 22.4 Å². The van der Waals surface area contributed by atoms with Gasteiger partial charge in [-0.05, 0) is 30.4 Å². The van der Waals surface area contributed by atoms with Crippen LogP contribution in [0.1, 0.15) is 36.7 Å². The first-order chi connectivity index (χ1) is 8.50. The molecule has 5 nitrogen and oxygen atoms in total. The molecule has 0 unspecified atom stereocenters. The Kier molecular flexibility index (Phi) is 3.50. The standard InChI is InChI=1S/C13H20N4O/c1-13(7-4-8-13)9-14-11-6-5-10(15-16-11)12(18)17(2)3/h5-6H,4,7-9H2,1-3H3,(H,14,16). The Morgan fingerprint density at radius 2 is 2.11 bits per heavy atom. The van der Waals surface area contributed by atoms with E-state index in [1.54, 1.807) is 20.2 Å². The Bertz CT molecular complexity index is 423. The molecule has 1 N–H and O–H groups in total. The van der Waals surface area contributed by atoms with Crippen LogP contribution >= 0.6 is 0 Å². The lowest BCUT2D eigenvalue weighted by Crippen LogP contribution is -2.33. The average molecular weight is 248 g/mol. The maximum Gasteiger partial charge on any atom is 0.273 e. The summed E-state index contributed by atoms with van der Waals surface area (Å²) in [6.45, 7) is 3.20. The molecule has 0 radical (unpaired) electrons. The van der Waals surface area contributed by atoms with E-state index < -0.39 is 0 Å². The summed E-state index contributed by atoms with van der Waals surface area (Å²) >= 11 is 0. The summed E-state index contributed by atoms with van der Waals surface area (Å²) in [5.74, 6) is 0.610. The zero-order valence-corrected chi connectivity index (χ0v) is 11.2. The first-order valence-electron chi connectivity index (χ1n) is 6.29. The van der Waals surface area contributed by atoms with Crippen LogP contribution in [0.25, 0.3) is 0 Å². The third-order valence-electron chi connectivity index (χ3n) is 3.55. The number of carbonyl (C=O) groups is 1. The molecule has 2 rings (SSSR count).